The lowest BCUT2D eigenvalue weighted by atomic mass is 9.74. The molecule has 0 radical (unpaired) electrons. The molecule has 1 aromatic carbocycles. The zero-order chi connectivity index (χ0) is 22.3. The van der Waals surface area contributed by atoms with Crippen molar-refractivity contribution in [3.8, 4) is 0 Å². The van der Waals surface area contributed by atoms with Crippen LogP contribution in [0.3, 0.4) is 0 Å². The highest BCUT2D eigenvalue weighted by atomic mass is 16.6. The third-order valence-electron chi connectivity index (χ3n) is 7.09. The zero-order valence-electron chi connectivity index (χ0n) is 18.0. The van der Waals surface area contributed by atoms with Crippen molar-refractivity contribution in [1.29, 1.82) is 0 Å². The molecule has 0 bridgehead atoms. The molecule has 3 saturated heterocycles. The molecule has 32 heavy (non-hydrogen) atoms. The van der Waals surface area contributed by atoms with Crippen LogP contribution in [-0.2, 0) is 20.9 Å². The van der Waals surface area contributed by atoms with Crippen LogP contribution in [0.25, 0.3) is 0 Å². The Morgan fingerprint density at radius 3 is 2.75 bits per heavy atom. The maximum atomic E-state index is 13.5. The minimum atomic E-state index is -1.27. The average Bonchev–Trinajstić information content (AvgIpc) is 2.96. The summed E-state index contributed by atoms with van der Waals surface area (Å²) in [4.78, 5) is 39.0. The number of likely N-dealkylation sites (tertiary alicyclic amines) is 1. The lowest BCUT2D eigenvalue weighted by molar-refractivity contribution is -0.825. The Morgan fingerprint density at radius 1 is 1.22 bits per heavy atom. The van der Waals surface area contributed by atoms with Gasteiger partial charge in [0.2, 0.25) is 5.91 Å². The van der Waals surface area contributed by atoms with Crippen molar-refractivity contribution in [2.45, 2.75) is 25.4 Å². The molecule has 1 spiro atoms. The predicted molar refractivity (Wildman–Crippen MR) is 115 cm³/mol. The molecule has 0 aliphatic carbocycles. The van der Waals surface area contributed by atoms with E-state index in [-0.39, 0.29) is 19.4 Å². The molecule has 0 aromatic heterocycles. The Balaban J connectivity index is 1.12. The predicted octanol–water partition coefficient (Wildman–Crippen LogP) is -0.206. The maximum absolute atomic E-state index is 13.5. The summed E-state index contributed by atoms with van der Waals surface area (Å²) in [5.74, 6) is -1.69. The number of benzene rings is 1. The van der Waals surface area contributed by atoms with Crippen LogP contribution in [0.5, 0.6) is 0 Å². The van der Waals surface area contributed by atoms with Crippen LogP contribution < -0.4 is 16.0 Å². The number of nitrogens with zero attached hydrogens (tertiary/aromatic N) is 2. The molecule has 10 nitrogen and oxygen atoms in total. The first kappa shape index (κ1) is 21.5. The Bertz CT molecular complexity index is 941. The van der Waals surface area contributed by atoms with Crippen molar-refractivity contribution in [2.75, 3.05) is 57.8 Å². The van der Waals surface area contributed by atoms with Crippen molar-refractivity contribution >= 4 is 23.4 Å². The molecular weight excluding hydrogens is 414 g/mol. The van der Waals surface area contributed by atoms with Crippen molar-refractivity contribution in [1.82, 2.24) is 15.5 Å². The normalized spacial score (nSPS) is 28.8. The third kappa shape index (κ3) is 3.71. The minimum absolute atomic E-state index is 0.0695. The summed E-state index contributed by atoms with van der Waals surface area (Å²) in [7, 11) is 0. The molecule has 2 unspecified atom stereocenters. The van der Waals surface area contributed by atoms with Crippen LogP contribution in [0, 0.1) is 10.6 Å². The molecule has 5 rings (SSSR count). The maximum Gasteiger partial charge on any atom is 0.347 e. The monoisotopic (exact) mass is 443 g/mol. The Kier molecular flexibility index (Phi) is 5.50. The van der Waals surface area contributed by atoms with Gasteiger partial charge in [0.15, 0.2) is 6.04 Å². The molecule has 1 aromatic rings. The number of piperidine rings is 1. The fourth-order valence-corrected chi connectivity index (χ4v) is 5.28. The smallest absolute Gasteiger partial charge is 0.347 e. The van der Waals surface area contributed by atoms with Crippen molar-refractivity contribution in [2.24, 2.45) is 5.41 Å². The Morgan fingerprint density at radius 2 is 2.03 bits per heavy atom. The van der Waals surface area contributed by atoms with Crippen molar-refractivity contribution in [3.63, 3.8) is 0 Å². The van der Waals surface area contributed by atoms with Crippen molar-refractivity contribution in [3.05, 3.63) is 34.5 Å². The Hall–Kier alpha value is -2.37. The number of hydrogen-bond donors (Lipinski definition) is 3. The summed E-state index contributed by atoms with van der Waals surface area (Å²) in [6.45, 7) is 7.11. The first-order valence-corrected chi connectivity index (χ1v) is 11.2. The van der Waals surface area contributed by atoms with E-state index in [2.05, 4.69) is 20.9 Å². The number of hydroxylamine groups is 3. The number of carbonyl (C=O) groups is 3. The number of fused-ring (bicyclic) bond motifs is 1. The summed E-state index contributed by atoms with van der Waals surface area (Å²) in [5, 5.41) is 22.2. The average molecular weight is 444 g/mol. The van der Waals surface area contributed by atoms with Crippen LogP contribution in [0.4, 0.5) is 5.69 Å². The molecular formula is C22H29N5O5. The number of hydrogen-bond acceptors (Lipinski definition) is 8. The second-order valence-corrected chi connectivity index (χ2v) is 9.41. The van der Waals surface area contributed by atoms with Crippen LogP contribution in [-0.4, -0.2) is 85.8 Å². The van der Waals surface area contributed by atoms with E-state index >= 15 is 0 Å². The van der Waals surface area contributed by atoms with Gasteiger partial charge in [-0.2, -0.15) is 0 Å². The summed E-state index contributed by atoms with van der Waals surface area (Å²) in [5.41, 5.74) is 2.20. The highest BCUT2D eigenvalue weighted by Gasteiger charge is 2.50. The van der Waals surface area contributed by atoms with Crippen LogP contribution >= 0.6 is 0 Å². The molecule has 4 aliphatic heterocycles. The molecule has 3 N–H and O–H groups in total. The van der Waals surface area contributed by atoms with E-state index in [1.807, 2.05) is 6.07 Å². The van der Waals surface area contributed by atoms with Gasteiger partial charge in [0, 0.05) is 68.8 Å². The molecule has 3 fully saturated rings. The van der Waals surface area contributed by atoms with Gasteiger partial charge in [-0.1, -0.05) is 6.07 Å². The van der Waals surface area contributed by atoms with E-state index in [1.54, 1.807) is 12.1 Å². The first-order valence-electron chi connectivity index (χ1n) is 11.2. The minimum Gasteiger partial charge on any atom is -0.624 e. The lowest BCUT2D eigenvalue weighted by Crippen LogP contribution is -2.71. The number of ether oxygens (including phenoxy) is 1. The largest absolute Gasteiger partial charge is 0.624 e. The van der Waals surface area contributed by atoms with E-state index in [0.29, 0.717) is 42.0 Å². The molecule has 10 heteroatoms. The second kappa shape index (κ2) is 8.20. The van der Waals surface area contributed by atoms with E-state index in [9.17, 15) is 19.6 Å². The molecule has 4 aliphatic rings. The van der Waals surface area contributed by atoms with E-state index < -0.39 is 28.4 Å². The fourth-order valence-electron chi connectivity index (χ4n) is 5.28. The van der Waals surface area contributed by atoms with Gasteiger partial charge >= 0.3 is 5.91 Å². The van der Waals surface area contributed by atoms with Gasteiger partial charge in [-0.25, -0.2) is 4.79 Å². The number of amides is 3. The number of rotatable bonds is 8. The van der Waals surface area contributed by atoms with E-state index in [1.165, 1.54) is 0 Å². The van der Waals surface area contributed by atoms with Crippen LogP contribution in [0.15, 0.2) is 18.2 Å². The Labute approximate surface area is 186 Å². The quantitative estimate of drug-likeness (QED) is 0.218. The lowest BCUT2D eigenvalue weighted by Gasteiger charge is -2.56. The zero-order valence-corrected chi connectivity index (χ0v) is 18.0. The topological polar surface area (TPSA) is 123 Å². The molecule has 172 valence electrons. The van der Waals surface area contributed by atoms with Crippen molar-refractivity contribution < 1.29 is 23.8 Å². The van der Waals surface area contributed by atoms with Gasteiger partial charge in [0.05, 0.1) is 18.8 Å². The first-order chi connectivity index (χ1) is 15.4. The molecule has 3 amide bonds. The second-order valence-electron chi connectivity index (χ2n) is 9.41. The summed E-state index contributed by atoms with van der Waals surface area (Å²) >= 11 is 0. The van der Waals surface area contributed by atoms with E-state index in [4.69, 9.17) is 4.74 Å². The number of quaternary nitrogens is 1. The number of nitrogens with one attached hydrogen (secondary N) is 3. The van der Waals surface area contributed by atoms with Gasteiger partial charge < -0.3 is 20.6 Å². The third-order valence-corrected chi connectivity index (χ3v) is 7.09. The SMILES string of the molecule is O=C1CCC([N+]2([O-])Cc3c(NCCOCCN4CC5(CNC5)C4)cccc3C2=O)C(=O)N1. The summed E-state index contributed by atoms with van der Waals surface area (Å²) in [6, 6.07) is 4.09. The summed E-state index contributed by atoms with van der Waals surface area (Å²) in [6.07, 6.45) is 0.152. The summed E-state index contributed by atoms with van der Waals surface area (Å²) < 4.78 is 4.48. The van der Waals surface area contributed by atoms with Gasteiger partial charge in [0.1, 0.15) is 6.54 Å². The standard InChI is InChI=1S/C22H29N5O5/c28-19-5-4-18(20(29)25-19)27(31)10-16-15(21(27)30)2-1-3-17(16)24-6-8-32-9-7-26-13-22(14-26)11-23-12-22/h1-3,18,23-24H,4-14H2,(H,25,28,29). The van der Waals surface area contributed by atoms with E-state index in [0.717, 1.165) is 32.7 Å². The molecule has 4 heterocycles. The number of anilines is 1. The highest BCUT2D eigenvalue weighted by Crippen LogP contribution is 2.38. The number of carbonyl (C=O) groups excluding carboxylic acids is 3. The fraction of sp³-hybridized carbons (Fsp3) is 0.591. The van der Waals surface area contributed by atoms with Gasteiger partial charge in [-0.05, 0) is 12.1 Å². The van der Waals surface area contributed by atoms with Gasteiger partial charge in [-0.15, -0.1) is 0 Å². The highest BCUT2D eigenvalue weighted by molar-refractivity contribution is 6.02. The molecule has 2 atom stereocenters. The molecule has 0 saturated carbocycles. The number of imide groups is 1. The van der Waals surface area contributed by atoms with Crippen LogP contribution in [0.1, 0.15) is 28.8 Å². The van der Waals surface area contributed by atoms with Gasteiger partial charge in [0.25, 0.3) is 5.91 Å². The van der Waals surface area contributed by atoms with Crippen LogP contribution in [0.2, 0.25) is 0 Å². The van der Waals surface area contributed by atoms with Gasteiger partial charge in [-0.3, -0.25) is 24.5 Å².